The largest absolute Gasteiger partial charge is 0.508 e. The van der Waals surface area contributed by atoms with Crippen LogP contribution in [0, 0.1) is 7.14 Å². The summed E-state index contributed by atoms with van der Waals surface area (Å²) in [5.74, 6) is 2.04. The van der Waals surface area contributed by atoms with E-state index in [-0.39, 0.29) is 17.2 Å². The summed E-state index contributed by atoms with van der Waals surface area (Å²) in [6.07, 6.45) is 0. The predicted octanol–water partition coefficient (Wildman–Crippen LogP) is 7.78. The molecule has 0 radical (unpaired) electrons. The van der Waals surface area contributed by atoms with Gasteiger partial charge in [-0.25, -0.2) is 0 Å². The lowest BCUT2D eigenvalue weighted by Gasteiger charge is -2.40. The number of hydrogen-bond acceptors (Lipinski definition) is 4. The summed E-state index contributed by atoms with van der Waals surface area (Å²) in [6.45, 7) is 2.15. The van der Waals surface area contributed by atoms with Gasteiger partial charge in [0.05, 0.1) is 12.6 Å². The van der Waals surface area contributed by atoms with Gasteiger partial charge in [0.2, 0.25) is 0 Å². The van der Waals surface area contributed by atoms with E-state index in [1.807, 2.05) is 48.5 Å². The molecule has 34 heavy (non-hydrogen) atoms. The Balaban J connectivity index is 1.83. The highest BCUT2D eigenvalue weighted by atomic mass is 127. The van der Waals surface area contributed by atoms with Gasteiger partial charge in [0.1, 0.15) is 28.7 Å². The van der Waals surface area contributed by atoms with E-state index in [1.165, 1.54) is 0 Å². The summed E-state index contributed by atoms with van der Waals surface area (Å²) in [5.41, 5.74) is 2.14. The van der Waals surface area contributed by atoms with Crippen molar-refractivity contribution in [2.75, 3.05) is 0 Å². The lowest BCUT2D eigenvalue weighted by Crippen LogP contribution is -2.30. The van der Waals surface area contributed by atoms with Crippen LogP contribution in [0.15, 0.2) is 72.8 Å². The Labute approximate surface area is 223 Å². The minimum Gasteiger partial charge on any atom is -0.508 e. The van der Waals surface area contributed by atoms with Crippen LogP contribution < -0.4 is 4.74 Å². The maximum atomic E-state index is 10.5. The van der Waals surface area contributed by atoms with E-state index < -0.39 is 5.41 Å². The minimum absolute atomic E-state index is 0.180. The Morgan fingerprint density at radius 1 is 0.647 bits per heavy atom. The van der Waals surface area contributed by atoms with E-state index in [0.29, 0.717) is 11.5 Å². The van der Waals surface area contributed by atoms with Gasteiger partial charge in [0, 0.05) is 11.1 Å². The Bertz CT molecular complexity index is 1540. The van der Waals surface area contributed by atoms with E-state index in [0.717, 1.165) is 45.4 Å². The molecule has 168 valence electrons. The third-order valence-corrected chi connectivity index (χ3v) is 8.39. The van der Waals surface area contributed by atoms with Crippen molar-refractivity contribution in [2.24, 2.45) is 0 Å². The number of hydrogen-bond donors (Lipinski definition) is 3. The molecule has 0 fully saturated rings. The van der Waals surface area contributed by atoms with Crippen molar-refractivity contribution < 1.29 is 20.1 Å². The minimum atomic E-state index is -0.711. The number of halogens is 2. The molecule has 3 N–H and O–H groups in total. The summed E-state index contributed by atoms with van der Waals surface area (Å²) in [7, 11) is 0. The van der Waals surface area contributed by atoms with Crippen molar-refractivity contribution in [2.45, 2.75) is 12.3 Å². The third-order valence-electron chi connectivity index (χ3n) is 6.75. The molecule has 0 saturated heterocycles. The van der Waals surface area contributed by atoms with Gasteiger partial charge in [-0.1, -0.05) is 24.3 Å². The van der Waals surface area contributed by atoms with Gasteiger partial charge < -0.3 is 20.1 Å². The van der Waals surface area contributed by atoms with Gasteiger partial charge in [-0.15, -0.1) is 0 Å². The summed E-state index contributed by atoms with van der Waals surface area (Å²) < 4.78 is 7.96. The second-order valence-electron chi connectivity index (χ2n) is 8.70. The first-order valence-corrected chi connectivity index (χ1v) is 12.8. The second-order valence-corrected chi connectivity index (χ2v) is 11.0. The highest BCUT2D eigenvalue weighted by Crippen LogP contribution is 2.56. The van der Waals surface area contributed by atoms with Crippen molar-refractivity contribution in [3.63, 3.8) is 0 Å². The summed E-state index contributed by atoms with van der Waals surface area (Å²) in [5, 5.41) is 35.1. The van der Waals surface area contributed by atoms with Crippen LogP contribution in [-0.2, 0) is 5.41 Å². The molecule has 0 aliphatic carbocycles. The van der Waals surface area contributed by atoms with Crippen molar-refractivity contribution >= 4 is 66.7 Å². The van der Waals surface area contributed by atoms with Crippen LogP contribution in [0.5, 0.6) is 28.7 Å². The topological polar surface area (TPSA) is 69.9 Å². The Kier molecular flexibility index (Phi) is 4.90. The molecule has 0 bridgehead atoms. The number of phenols is 3. The smallest absolute Gasteiger partial charge is 0.142 e. The normalized spacial score (nSPS) is 14.0. The lowest BCUT2D eigenvalue weighted by molar-refractivity contribution is 0.430. The predicted molar refractivity (Wildman–Crippen MR) is 150 cm³/mol. The zero-order valence-corrected chi connectivity index (χ0v) is 22.2. The number of ether oxygens (including phenoxy) is 1. The molecule has 0 spiro atoms. The monoisotopic (exact) mass is 672 g/mol. The molecule has 1 aliphatic heterocycles. The zero-order chi connectivity index (χ0) is 23.8. The molecule has 0 unspecified atom stereocenters. The number of phenolic OH excluding ortho intramolecular Hbond substituents is 3. The van der Waals surface area contributed by atoms with E-state index in [1.54, 1.807) is 24.3 Å². The molecular weight excluding hydrogens is 654 g/mol. The van der Waals surface area contributed by atoms with Crippen molar-refractivity contribution in [1.29, 1.82) is 0 Å². The van der Waals surface area contributed by atoms with E-state index in [9.17, 15) is 15.3 Å². The quantitative estimate of drug-likeness (QED) is 0.159. The first kappa shape index (κ1) is 21.8. The number of aromatic hydroxyl groups is 3. The average molecular weight is 672 g/mol. The van der Waals surface area contributed by atoms with Crippen LogP contribution >= 0.6 is 45.2 Å². The summed E-state index contributed by atoms with van der Waals surface area (Å²) in [6, 6.07) is 22.7. The SMILES string of the molecule is CC1(c2cc(I)c(O)c(I)c2)c2c(ccc3ccc(O)cc23)Oc2ccc3ccc(O)cc3c21. The summed E-state index contributed by atoms with van der Waals surface area (Å²) in [4.78, 5) is 0. The highest BCUT2D eigenvalue weighted by Gasteiger charge is 2.43. The Hall–Kier alpha value is -2.72. The van der Waals surface area contributed by atoms with Crippen molar-refractivity contribution in [1.82, 2.24) is 0 Å². The first-order chi connectivity index (χ1) is 16.3. The van der Waals surface area contributed by atoms with E-state index >= 15 is 0 Å². The lowest BCUT2D eigenvalue weighted by atomic mass is 9.66. The molecule has 0 atom stereocenters. The molecule has 6 heteroatoms. The van der Waals surface area contributed by atoms with Crippen LogP contribution in [0.3, 0.4) is 0 Å². The van der Waals surface area contributed by atoms with Crippen LogP contribution in [-0.4, -0.2) is 15.3 Å². The Morgan fingerprint density at radius 2 is 1.09 bits per heavy atom. The van der Waals surface area contributed by atoms with Gasteiger partial charge in [-0.05, 0) is 128 Å². The van der Waals surface area contributed by atoms with Gasteiger partial charge in [0.25, 0.3) is 0 Å². The third kappa shape index (κ3) is 3.07. The van der Waals surface area contributed by atoms with Gasteiger partial charge in [-0.3, -0.25) is 0 Å². The molecule has 0 saturated carbocycles. The highest BCUT2D eigenvalue weighted by molar-refractivity contribution is 14.1. The molecule has 5 aromatic carbocycles. The van der Waals surface area contributed by atoms with Gasteiger partial charge in [-0.2, -0.15) is 0 Å². The van der Waals surface area contributed by atoms with Crippen LogP contribution in [0.4, 0.5) is 0 Å². The summed E-state index contributed by atoms with van der Waals surface area (Å²) >= 11 is 4.32. The first-order valence-electron chi connectivity index (χ1n) is 10.7. The maximum absolute atomic E-state index is 10.5. The van der Waals surface area contributed by atoms with Gasteiger partial charge in [0.15, 0.2) is 0 Å². The van der Waals surface area contributed by atoms with Crippen molar-refractivity contribution in [3.05, 3.63) is 96.6 Å². The maximum Gasteiger partial charge on any atom is 0.142 e. The fourth-order valence-corrected chi connectivity index (χ4v) is 6.93. The molecule has 1 aliphatic rings. The van der Waals surface area contributed by atoms with Crippen molar-refractivity contribution in [3.8, 4) is 28.7 Å². The number of rotatable bonds is 1. The van der Waals surface area contributed by atoms with Crippen LogP contribution in [0.1, 0.15) is 23.6 Å². The van der Waals surface area contributed by atoms with Gasteiger partial charge >= 0.3 is 0 Å². The van der Waals surface area contributed by atoms with Crippen LogP contribution in [0.25, 0.3) is 21.5 Å². The molecule has 4 nitrogen and oxygen atoms in total. The molecule has 0 amide bonds. The standard InChI is InChI=1S/C28H18I2O4/c1-28(16-10-21(29)27(33)22(30)11-16)25-19-12-17(31)6-2-14(19)4-8-23(25)34-24-9-5-15-3-7-18(32)13-20(15)26(24)28/h2-13,31-33H,1H3. The fraction of sp³-hybridized carbons (Fsp3) is 0.0714. The molecular formula is C28H18I2O4. The molecule has 6 rings (SSSR count). The molecule has 0 aromatic heterocycles. The fourth-order valence-electron chi connectivity index (χ4n) is 5.16. The Morgan fingerprint density at radius 3 is 1.56 bits per heavy atom. The van der Waals surface area contributed by atoms with Crippen LogP contribution in [0.2, 0.25) is 0 Å². The number of benzene rings is 5. The molecule has 1 heterocycles. The van der Waals surface area contributed by atoms with E-state index in [2.05, 4.69) is 52.1 Å². The van der Waals surface area contributed by atoms with E-state index in [4.69, 9.17) is 4.74 Å². The second kappa shape index (κ2) is 7.64. The number of fused-ring (bicyclic) bond motifs is 6. The zero-order valence-electron chi connectivity index (χ0n) is 17.9. The molecule has 5 aromatic rings. The average Bonchev–Trinajstić information content (AvgIpc) is 2.81.